The van der Waals surface area contributed by atoms with E-state index in [9.17, 15) is 0 Å². The van der Waals surface area contributed by atoms with Crippen LogP contribution in [0, 0.1) is 0 Å². The van der Waals surface area contributed by atoms with Gasteiger partial charge in [-0.05, 0) is 28.0 Å². The van der Waals surface area contributed by atoms with E-state index in [1.165, 1.54) is 29.5 Å². The van der Waals surface area contributed by atoms with E-state index < -0.39 is 0 Å². The third-order valence-corrected chi connectivity index (χ3v) is 3.57. The normalized spacial score (nSPS) is 11.4. The van der Waals surface area contributed by atoms with E-state index in [1.807, 2.05) is 0 Å². The molecule has 0 aliphatic carbocycles. The van der Waals surface area contributed by atoms with Crippen molar-refractivity contribution in [3.8, 4) is 0 Å². The minimum absolute atomic E-state index is 1.31. The maximum absolute atomic E-state index is 2.28. The van der Waals surface area contributed by atoms with Crippen LogP contribution in [-0.4, -0.2) is 0 Å². The van der Waals surface area contributed by atoms with Crippen LogP contribution in [-0.2, 0) is 0 Å². The molecule has 1 heterocycles. The van der Waals surface area contributed by atoms with Gasteiger partial charge in [-0.25, -0.2) is 0 Å². The maximum Gasteiger partial charge on any atom is 0.00966 e. The number of hydrogen-bond donors (Lipinski definition) is 0. The quantitative estimate of drug-likeness (QED) is 0.462. The molecule has 0 aliphatic heterocycles. The van der Waals surface area contributed by atoms with Crippen molar-refractivity contribution < 1.29 is 0 Å². The Bertz CT molecular complexity index is 544. The number of fused-ring (bicyclic) bond motifs is 3. The molecule has 14 heavy (non-hydrogen) atoms. The summed E-state index contributed by atoms with van der Waals surface area (Å²) in [6.45, 7) is 0. The predicted octanol–water partition coefficient (Wildman–Crippen LogP) is 4.57. The molecule has 0 unspecified atom stereocenters. The van der Waals surface area contributed by atoms with Gasteiger partial charge in [0.2, 0.25) is 0 Å². The Balaban J connectivity index is 2.61. The number of hydrogen-bond acceptors (Lipinski definition) is 0. The smallest absolute Gasteiger partial charge is 0.00966 e. The van der Waals surface area contributed by atoms with Crippen LogP contribution in [0.15, 0.2) is 54.3 Å². The lowest BCUT2D eigenvalue weighted by molar-refractivity contribution is 1.81. The molecule has 0 bridgehead atoms. The summed E-state index contributed by atoms with van der Waals surface area (Å²) in [6.07, 6.45) is 0. The summed E-state index contributed by atoms with van der Waals surface area (Å²) in [5.74, 6) is 2.28. The summed E-state index contributed by atoms with van der Waals surface area (Å²) < 4.78 is 0. The van der Waals surface area contributed by atoms with Gasteiger partial charge in [0.15, 0.2) is 0 Å². The van der Waals surface area contributed by atoms with E-state index in [2.05, 4.69) is 54.3 Å². The van der Waals surface area contributed by atoms with Gasteiger partial charge in [-0.3, -0.25) is 0 Å². The first kappa shape index (κ1) is 7.96. The molecule has 0 saturated heterocycles. The molecule has 66 valence electrons. The average Bonchev–Trinajstić information content (AvgIpc) is 2.29. The van der Waals surface area contributed by atoms with Crippen molar-refractivity contribution in [2.45, 2.75) is 0 Å². The number of benzene rings is 2. The highest BCUT2D eigenvalue weighted by Crippen LogP contribution is 2.30. The molecule has 3 rings (SSSR count). The minimum Gasteiger partial charge on any atom is -0.0672 e. The molecule has 1 heteroatoms. The third kappa shape index (κ3) is 1.12. The van der Waals surface area contributed by atoms with Gasteiger partial charge in [0.1, 0.15) is 0 Å². The Morgan fingerprint density at radius 3 is 2.36 bits per heavy atom. The van der Waals surface area contributed by atoms with Gasteiger partial charge in [0.25, 0.3) is 0 Å². The second kappa shape index (κ2) is 3.08. The van der Waals surface area contributed by atoms with Crippen molar-refractivity contribution in [3.63, 3.8) is 0 Å². The zero-order chi connectivity index (χ0) is 9.38. The molecule has 0 amide bonds. The van der Waals surface area contributed by atoms with Crippen molar-refractivity contribution in [3.05, 3.63) is 54.3 Å². The lowest BCUT2D eigenvalue weighted by atomic mass is 10.1. The van der Waals surface area contributed by atoms with Crippen LogP contribution < -0.4 is 0 Å². The van der Waals surface area contributed by atoms with Gasteiger partial charge in [-0.2, -0.15) is 0 Å². The molecular formula is C13H9P. The minimum atomic E-state index is 1.31. The first-order chi connectivity index (χ1) is 6.95. The highest BCUT2D eigenvalue weighted by Gasteiger charge is 1.97. The maximum atomic E-state index is 2.28. The number of rotatable bonds is 0. The van der Waals surface area contributed by atoms with E-state index in [-0.39, 0.29) is 0 Å². The average molecular weight is 196 g/mol. The van der Waals surface area contributed by atoms with E-state index in [0.29, 0.717) is 0 Å². The summed E-state index contributed by atoms with van der Waals surface area (Å²) in [5, 5.41) is 5.51. The van der Waals surface area contributed by atoms with Gasteiger partial charge in [-0.15, -0.1) is 0 Å². The predicted molar refractivity (Wildman–Crippen MR) is 64.0 cm³/mol. The first-order valence-corrected chi connectivity index (χ1v) is 5.64. The molecule has 3 aromatic rings. The molecule has 0 saturated carbocycles. The fourth-order valence-electron chi connectivity index (χ4n) is 1.81. The molecule has 0 N–H and O–H groups in total. The summed E-state index contributed by atoms with van der Waals surface area (Å²) in [5.41, 5.74) is 0. The van der Waals surface area contributed by atoms with Crippen LogP contribution in [0.5, 0.6) is 0 Å². The molecule has 1 aromatic heterocycles. The SMILES string of the molecule is c1ccc2c(c1)cpc1ccccc12. The Morgan fingerprint density at radius 2 is 1.43 bits per heavy atom. The van der Waals surface area contributed by atoms with Gasteiger partial charge in [0.05, 0.1) is 0 Å². The zero-order valence-corrected chi connectivity index (χ0v) is 8.54. The van der Waals surface area contributed by atoms with Gasteiger partial charge < -0.3 is 0 Å². The Morgan fingerprint density at radius 1 is 0.714 bits per heavy atom. The highest BCUT2D eigenvalue weighted by atomic mass is 31.0. The second-order valence-electron chi connectivity index (χ2n) is 3.36. The van der Waals surface area contributed by atoms with Crippen molar-refractivity contribution >= 4 is 29.5 Å². The molecule has 0 spiro atoms. The topological polar surface area (TPSA) is 0 Å². The first-order valence-electron chi connectivity index (χ1n) is 4.68. The molecule has 0 fully saturated rings. The van der Waals surface area contributed by atoms with E-state index in [4.69, 9.17) is 0 Å². The highest BCUT2D eigenvalue weighted by molar-refractivity contribution is 7.36. The Labute approximate surface area is 84.3 Å². The summed E-state index contributed by atoms with van der Waals surface area (Å²) in [6, 6.07) is 17.2. The van der Waals surface area contributed by atoms with Crippen LogP contribution in [0.3, 0.4) is 0 Å². The van der Waals surface area contributed by atoms with E-state index >= 15 is 0 Å². The third-order valence-electron chi connectivity index (χ3n) is 2.50. The molecule has 0 radical (unpaired) electrons. The lowest BCUT2D eigenvalue weighted by Crippen LogP contribution is -1.72. The lowest BCUT2D eigenvalue weighted by Gasteiger charge is -2.01. The fraction of sp³-hybridized carbons (Fsp3) is 0. The summed E-state index contributed by atoms with van der Waals surface area (Å²) in [7, 11) is 1.31. The Kier molecular flexibility index (Phi) is 1.75. The van der Waals surface area contributed by atoms with Crippen molar-refractivity contribution in [2.75, 3.05) is 0 Å². The van der Waals surface area contributed by atoms with Crippen LogP contribution in [0.25, 0.3) is 21.3 Å². The van der Waals surface area contributed by atoms with Crippen LogP contribution in [0.2, 0.25) is 0 Å². The van der Waals surface area contributed by atoms with E-state index in [1.54, 1.807) is 0 Å². The second-order valence-corrected chi connectivity index (χ2v) is 4.36. The van der Waals surface area contributed by atoms with Gasteiger partial charge in [-0.1, -0.05) is 50.7 Å². The van der Waals surface area contributed by atoms with Crippen molar-refractivity contribution in [2.24, 2.45) is 0 Å². The van der Waals surface area contributed by atoms with Crippen LogP contribution >= 0.6 is 8.19 Å². The van der Waals surface area contributed by atoms with Gasteiger partial charge >= 0.3 is 0 Å². The van der Waals surface area contributed by atoms with Crippen molar-refractivity contribution in [1.29, 1.82) is 0 Å². The molecule has 0 aliphatic rings. The fourth-order valence-corrected chi connectivity index (χ4v) is 2.82. The van der Waals surface area contributed by atoms with Crippen LogP contribution in [0.4, 0.5) is 0 Å². The zero-order valence-electron chi connectivity index (χ0n) is 7.64. The van der Waals surface area contributed by atoms with Gasteiger partial charge in [0, 0.05) is 5.12 Å². The standard InChI is InChI=1S/C13H9P/c1-2-6-11-10(5-1)9-14-13-8-4-3-7-12(11)13/h1-9H. The monoisotopic (exact) mass is 196 g/mol. The van der Waals surface area contributed by atoms with Crippen LogP contribution in [0.1, 0.15) is 0 Å². The molecule has 0 nitrogen and oxygen atoms in total. The van der Waals surface area contributed by atoms with E-state index in [0.717, 1.165) is 0 Å². The largest absolute Gasteiger partial charge is 0.0672 e. The van der Waals surface area contributed by atoms with Crippen molar-refractivity contribution in [1.82, 2.24) is 0 Å². The summed E-state index contributed by atoms with van der Waals surface area (Å²) >= 11 is 0. The summed E-state index contributed by atoms with van der Waals surface area (Å²) in [4.78, 5) is 0. The molecular weight excluding hydrogens is 187 g/mol. The molecule has 2 aromatic carbocycles. The Hall–Kier alpha value is -1.39. The molecule has 0 atom stereocenters.